The molecule has 1 rings (SSSR count). The fraction of sp³-hybridized carbons (Fsp3) is 0.400. The van der Waals surface area contributed by atoms with Gasteiger partial charge in [0.25, 0.3) is 6.43 Å². The molecule has 0 saturated heterocycles. The highest BCUT2D eigenvalue weighted by atomic mass is 35.5. The van der Waals surface area contributed by atoms with Crippen molar-refractivity contribution in [1.29, 1.82) is 0 Å². The minimum absolute atomic E-state index is 0.0116. The van der Waals surface area contributed by atoms with Crippen LogP contribution in [0.4, 0.5) is 8.78 Å². The summed E-state index contributed by atoms with van der Waals surface area (Å²) in [5.74, 6) is 0. The molecule has 1 heterocycles. The van der Waals surface area contributed by atoms with Crippen molar-refractivity contribution in [3.05, 3.63) is 16.9 Å². The maximum atomic E-state index is 11.9. The molecule has 0 aliphatic rings. The Bertz CT molecular complexity index is 234. The average molecular weight is 167 g/mol. The maximum Gasteiger partial charge on any atom is 0.283 e. The monoisotopic (exact) mass is 166 g/mol. The fourth-order valence-corrected chi connectivity index (χ4v) is 0.886. The highest BCUT2D eigenvalue weighted by Crippen LogP contribution is 2.24. The summed E-state index contributed by atoms with van der Waals surface area (Å²) in [6.45, 7) is 0. The predicted octanol–water partition coefficient (Wildman–Crippen LogP) is 2.01. The van der Waals surface area contributed by atoms with Gasteiger partial charge in [0, 0.05) is 13.2 Å². The molecule has 0 N–H and O–H groups in total. The van der Waals surface area contributed by atoms with Crippen LogP contribution in [0.15, 0.2) is 6.20 Å². The molecule has 56 valence electrons. The molecule has 0 saturated carbocycles. The topological polar surface area (TPSA) is 17.8 Å². The van der Waals surface area contributed by atoms with Crippen molar-refractivity contribution in [3.63, 3.8) is 0 Å². The number of hydrogen-bond donors (Lipinski definition) is 0. The van der Waals surface area contributed by atoms with Gasteiger partial charge in [-0.05, 0) is 0 Å². The first kappa shape index (κ1) is 7.47. The van der Waals surface area contributed by atoms with E-state index in [1.807, 2.05) is 0 Å². The standard InChI is InChI=1S/C5H5ClF2N2/c1-10-2-3(6)4(9-10)5(7)8/h2,5H,1H3. The number of halogens is 3. The number of rotatable bonds is 1. The summed E-state index contributed by atoms with van der Waals surface area (Å²) in [5.41, 5.74) is -0.357. The van der Waals surface area contributed by atoms with E-state index >= 15 is 0 Å². The number of hydrogen-bond acceptors (Lipinski definition) is 1. The summed E-state index contributed by atoms with van der Waals surface area (Å²) in [6, 6.07) is 0. The minimum atomic E-state index is -2.59. The quantitative estimate of drug-likeness (QED) is 0.624. The zero-order valence-electron chi connectivity index (χ0n) is 5.18. The molecule has 1 aromatic rings. The van der Waals surface area contributed by atoms with Crippen LogP contribution in [0.2, 0.25) is 5.02 Å². The Morgan fingerprint density at radius 3 is 2.50 bits per heavy atom. The second-order valence-corrected chi connectivity index (χ2v) is 2.24. The molecule has 0 atom stereocenters. The van der Waals surface area contributed by atoms with Gasteiger partial charge in [-0.3, -0.25) is 4.68 Å². The van der Waals surface area contributed by atoms with Gasteiger partial charge >= 0.3 is 0 Å². The molecule has 2 nitrogen and oxygen atoms in total. The smallest absolute Gasteiger partial charge is 0.274 e. The highest BCUT2D eigenvalue weighted by molar-refractivity contribution is 6.31. The molecule has 0 amide bonds. The molecule has 0 bridgehead atoms. The zero-order valence-corrected chi connectivity index (χ0v) is 5.94. The van der Waals surface area contributed by atoms with E-state index < -0.39 is 6.43 Å². The number of nitrogens with zero attached hydrogens (tertiary/aromatic N) is 2. The molecule has 0 unspecified atom stereocenters. The van der Waals surface area contributed by atoms with Crippen molar-refractivity contribution in [2.75, 3.05) is 0 Å². The molecule has 0 radical (unpaired) electrons. The van der Waals surface area contributed by atoms with E-state index in [0.717, 1.165) is 0 Å². The van der Waals surface area contributed by atoms with Crippen molar-refractivity contribution >= 4 is 11.6 Å². The van der Waals surface area contributed by atoms with Gasteiger partial charge < -0.3 is 0 Å². The van der Waals surface area contributed by atoms with Crippen LogP contribution in [0.3, 0.4) is 0 Å². The van der Waals surface area contributed by atoms with Gasteiger partial charge in [-0.15, -0.1) is 0 Å². The highest BCUT2D eigenvalue weighted by Gasteiger charge is 2.15. The lowest BCUT2D eigenvalue weighted by Crippen LogP contribution is -1.90. The van der Waals surface area contributed by atoms with Gasteiger partial charge in [-0.2, -0.15) is 5.10 Å². The van der Waals surface area contributed by atoms with Crippen LogP contribution in [-0.2, 0) is 7.05 Å². The van der Waals surface area contributed by atoms with Crippen molar-refractivity contribution in [2.45, 2.75) is 6.43 Å². The Morgan fingerprint density at radius 1 is 1.70 bits per heavy atom. The Labute approximate surface area is 61.4 Å². The summed E-state index contributed by atoms with van der Waals surface area (Å²) in [4.78, 5) is 0. The number of alkyl halides is 2. The summed E-state index contributed by atoms with van der Waals surface area (Å²) in [5, 5.41) is 3.46. The SMILES string of the molecule is Cn1cc(Cl)c(C(F)F)n1. The van der Waals surface area contributed by atoms with E-state index in [4.69, 9.17) is 11.6 Å². The zero-order chi connectivity index (χ0) is 7.72. The van der Waals surface area contributed by atoms with Crippen LogP contribution in [0, 0.1) is 0 Å². The lowest BCUT2D eigenvalue weighted by Gasteiger charge is -1.90. The third-order valence-electron chi connectivity index (χ3n) is 1.02. The van der Waals surface area contributed by atoms with Gasteiger partial charge in [0.05, 0.1) is 5.02 Å². The van der Waals surface area contributed by atoms with Gasteiger partial charge in [-0.25, -0.2) is 8.78 Å². The number of aromatic nitrogens is 2. The summed E-state index contributed by atoms with van der Waals surface area (Å²) in [6.07, 6.45) is -1.25. The summed E-state index contributed by atoms with van der Waals surface area (Å²) < 4.78 is 25.0. The largest absolute Gasteiger partial charge is 0.283 e. The molecule has 0 spiro atoms. The second-order valence-electron chi connectivity index (χ2n) is 1.84. The Morgan fingerprint density at radius 2 is 2.30 bits per heavy atom. The Kier molecular flexibility index (Phi) is 1.89. The third kappa shape index (κ3) is 1.26. The first-order valence-electron chi connectivity index (χ1n) is 2.58. The van der Waals surface area contributed by atoms with Gasteiger partial charge in [0.15, 0.2) is 0 Å². The fourth-order valence-electron chi connectivity index (χ4n) is 0.625. The average Bonchev–Trinajstić information content (AvgIpc) is 2.10. The lowest BCUT2D eigenvalue weighted by atomic mass is 10.5. The van der Waals surface area contributed by atoms with Crippen LogP contribution in [0.5, 0.6) is 0 Å². The van der Waals surface area contributed by atoms with E-state index in [0.29, 0.717) is 0 Å². The van der Waals surface area contributed by atoms with Crippen molar-refractivity contribution < 1.29 is 8.78 Å². The van der Waals surface area contributed by atoms with Crippen LogP contribution in [0.25, 0.3) is 0 Å². The molecule has 0 aliphatic carbocycles. The molecule has 1 aromatic heterocycles. The van der Waals surface area contributed by atoms with Crippen LogP contribution in [0.1, 0.15) is 12.1 Å². The Hall–Kier alpha value is -0.640. The van der Waals surface area contributed by atoms with Crippen molar-refractivity contribution in [1.82, 2.24) is 9.78 Å². The molecule has 0 aromatic carbocycles. The van der Waals surface area contributed by atoms with E-state index in [1.165, 1.54) is 17.9 Å². The van der Waals surface area contributed by atoms with Gasteiger partial charge in [0.2, 0.25) is 0 Å². The van der Waals surface area contributed by atoms with E-state index in [2.05, 4.69) is 5.10 Å². The Balaban J connectivity index is 3.03. The van der Waals surface area contributed by atoms with Crippen LogP contribution in [-0.4, -0.2) is 9.78 Å². The van der Waals surface area contributed by atoms with Gasteiger partial charge in [-0.1, -0.05) is 11.6 Å². The first-order valence-corrected chi connectivity index (χ1v) is 2.96. The molecule has 0 fully saturated rings. The minimum Gasteiger partial charge on any atom is -0.274 e. The molecule has 0 aliphatic heterocycles. The van der Waals surface area contributed by atoms with Crippen molar-refractivity contribution in [3.8, 4) is 0 Å². The first-order chi connectivity index (χ1) is 4.61. The predicted molar refractivity (Wildman–Crippen MR) is 33.2 cm³/mol. The summed E-state index contributed by atoms with van der Waals surface area (Å²) in [7, 11) is 1.54. The van der Waals surface area contributed by atoms with Crippen LogP contribution < -0.4 is 0 Å². The molecular weight excluding hydrogens is 162 g/mol. The van der Waals surface area contributed by atoms with E-state index in [9.17, 15) is 8.78 Å². The van der Waals surface area contributed by atoms with E-state index in [-0.39, 0.29) is 10.7 Å². The van der Waals surface area contributed by atoms with Crippen molar-refractivity contribution in [2.24, 2.45) is 7.05 Å². The third-order valence-corrected chi connectivity index (χ3v) is 1.31. The number of aryl methyl sites for hydroxylation is 1. The normalized spacial score (nSPS) is 10.9. The lowest BCUT2D eigenvalue weighted by molar-refractivity contribution is 0.145. The molecule has 10 heavy (non-hydrogen) atoms. The molecular formula is C5H5ClF2N2. The maximum absolute atomic E-state index is 11.9. The molecule has 5 heteroatoms. The van der Waals surface area contributed by atoms with E-state index in [1.54, 1.807) is 0 Å². The second kappa shape index (κ2) is 2.54. The summed E-state index contributed by atoms with van der Waals surface area (Å²) >= 11 is 5.38. The van der Waals surface area contributed by atoms with Gasteiger partial charge in [0.1, 0.15) is 5.69 Å². The van der Waals surface area contributed by atoms with Crippen LogP contribution >= 0.6 is 11.6 Å².